The number of esters is 1. The molecule has 3 N–H and O–H groups in total. The van der Waals surface area contributed by atoms with Crippen molar-refractivity contribution in [3.8, 4) is 0 Å². The number of carbonyl (C=O) groups is 1. The molecule has 6 heteroatoms. The van der Waals surface area contributed by atoms with Gasteiger partial charge >= 0.3 is 5.97 Å². The van der Waals surface area contributed by atoms with Crippen molar-refractivity contribution in [2.24, 2.45) is 44.8 Å². The summed E-state index contributed by atoms with van der Waals surface area (Å²) < 4.78 is 21.6. The predicted molar refractivity (Wildman–Crippen MR) is 197 cm³/mol. The van der Waals surface area contributed by atoms with Crippen LogP contribution in [0.4, 0.5) is 10.2 Å². The number of benzene rings is 2. The Morgan fingerprint density at radius 1 is 0.940 bits per heavy atom. The number of ether oxygens (including phenoxy) is 1. The first kappa shape index (κ1) is 33.7. The number of carbonyl (C=O) groups excluding carboxylic acids is 1. The lowest BCUT2D eigenvalue weighted by Crippen LogP contribution is -2.65. The van der Waals surface area contributed by atoms with Gasteiger partial charge in [0, 0.05) is 16.7 Å². The number of nitrogens with zero attached hydrogens (tertiary/aromatic N) is 1. The molecule has 0 bridgehead atoms. The largest absolute Gasteiger partial charge is 0.460 e. The Labute approximate surface area is 298 Å². The Morgan fingerprint density at radius 3 is 2.42 bits per heavy atom. The van der Waals surface area contributed by atoms with Gasteiger partial charge in [0.25, 0.3) is 0 Å². The third-order valence-corrected chi connectivity index (χ3v) is 15.8. The van der Waals surface area contributed by atoms with Gasteiger partial charge in [0.15, 0.2) is 0 Å². The first-order valence-corrected chi connectivity index (χ1v) is 19.1. The predicted octanol–water partition coefficient (Wildman–Crippen LogP) is 10.2. The molecule has 0 spiro atoms. The Bertz CT molecular complexity index is 1880. The van der Waals surface area contributed by atoms with Gasteiger partial charge < -0.3 is 10.5 Å². The summed E-state index contributed by atoms with van der Waals surface area (Å²) in [4.78, 5) is 14.7. The number of anilines is 1. The molecule has 0 saturated heterocycles. The van der Waals surface area contributed by atoms with E-state index < -0.39 is 5.41 Å². The minimum atomic E-state index is -0.588. The van der Waals surface area contributed by atoms with Crippen LogP contribution in [0.1, 0.15) is 122 Å². The van der Waals surface area contributed by atoms with E-state index in [2.05, 4.69) is 64.7 Å². The number of allylic oxidation sites excluding steroid dienone is 2. The van der Waals surface area contributed by atoms with Gasteiger partial charge in [-0.25, -0.2) is 4.39 Å². The van der Waals surface area contributed by atoms with Crippen LogP contribution in [0.25, 0.3) is 5.57 Å². The molecule has 1 aromatic heterocycles. The topological polar surface area (TPSA) is 81.0 Å². The average Bonchev–Trinajstić information content (AvgIpc) is 3.44. The summed E-state index contributed by atoms with van der Waals surface area (Å²) in [5, 5.41) is 7.88. The number of rotatable bonds is 4. The highest BCUT2D eigenvalue weighted by Crippen LogP contribution is 2.77. The summed E-state index contributed by atoms with van der Waals surface area (Å²) in [6.45, 7) is 17.4. The molecule has 7 atom stereocenters. The third kappa shape index (κ3) is 4.61. The normalized spacial score (nSPS) is 36.7. The van der Waals surface area contributed by atoms with Crippen molar-refractivity contribution >= 4 is 17.4 Å². The van der Waals surface area contributed by atoms with Crippen LogP contribution in [0.2, 0.25) is 0 Å². The Balaban J connectivity index is 1.31. The van der Waals surface area contributed by atoms with E-state index in [1.54, 1.807) is 12.1 Å². The molecule has 5 aliphatic rings. The quantitative estimate of drug-likeness (QED) is 0.269. The van der Waals surface area contributed by atoms with Crippen molar-refractivity contribution in [1.82, 2.24) is 10.2 Å². The fourth-order valence-corrected chi connectivity index (χ4v) is 13.0. The molecule has 8 rings (SSSR count). The molecule has 3 aromatic rings. The molecule has 3 fully saturated rings. The number of hydrogen-bond donors (Lipinski definition) is 2. The van der Waals surface area contributed by atoms with Crippen LogP contribution in [0.3, 0.4) is 0 Å². The van der Waals surface area contributed by atoms with E-state index in [0.29, 0.717) is 24.3 Å². The first-order valence-electron chi connectivity index (χ1n) is 19.1. The van der Waals surface area contributed by atoms with Crippen LogP contribution < -0.4 is 5.73 Å². The zero-order chi connectivity index (χ0) is 35.5. The van der Waals surface area contributed by atoms with Crippen LogP contribution in [0.5, 0.6) is 0 Å². The lowest BCUT2D eigenvalue weighted by molar-refractivity contribution is -0.181. The number of nitrogen functional groups attached to an aromatic ring is 1. The number of nitrogens with one attached hydrogen (secondary N) is 1. The Kier molecular flexibility index (Phi) is 7.45. The van der Waals surface area contributed by atoms with E-state index in [1.165, 1.54) is 22.4 Å². The highest BCUT2D eigenvalue weighted by Gasteiger charge is 2.70. The lowest BCUT2D eigenvalue weighted by atomic mass is 9.33. The number of halogens is 1. The third-order valence-electron chi connectivity index (χ3n) is 15.8. The molecule has 0 radical (unpaired) electrons. The van der Waals surface area contributed by atoms with E-state index >= 15 is 4.39 Å². The van der Waals surface area contributed by atoms with Crippen molar-refractivity contribution < 1.29 is 13.9 Å². The van der Waals surface area contributed by atoms with Crippen LogP contribution >= 0.6 is 0 Å². The minimum absolute atomic E-state index is 0.0157. The Hall–Kier alpha value is -3.41. The molecule has 3 saturated carbocycles. The molecule has 5 nitrogen and oxygen atoms in total. The summed E-state index contributed by atoms with van der Waals surface area (Å²) >= 11 is 0. The molecule has 1 heterocycles. The standard InChI is InChI=1S/C44H56FN3O2/c1-39(2)18-20-44(38(49)50-26-27-12-9-8-10-13-27)21-19-43(7)35(32(44)25-39)30(28-14-11-15-29(45)22-28)23-34-41(5)24-31-36(47-48-37(31)46)40(3,4)33(41)16-17-42(34,43)6/h8-15,22,32-34H,16-21,23-26H2,1-7H3,(H3,46,47,48)/t32-,33-,34?,41-,42+,43+,44-/m0/s1. The van der Waals surface area contributed by atoms with Gasteiger partial charge in [-0.2, -0.15) is 5.10 Å². The minimum Gasteiger partial charge on any atom is -0.460 e. The van der Waals surface area contributed by atoms with Gasteiger partial charge in [-0.15, -0.1) is 0 Å². The number of aromatic amines is 1. The fourth-order valence-electron chi connectivity index (χ4n) is 13.0. The zero-order valence-corrected chi connectivity index (χ0v) is 31.2. The zero-order valence-electron chi connectivity index (χ0n) is 31.2. The van der Waals surface area contributed by atoms with Crippen molar-refractivity contribution in [2.45, 2.75) is 118 Å². The van der Waals surface area contributed by atoms with Crippen molar-refractivity contribution in [2.75, 3.05) is 5.73 Å². The molecule has 266 valence electrons. The molecular formula is C44H56FN3O2. The van der Waals surface area contributed by atoms with Crippen LogP contribution in [-0.4, -0.2) is 16.2 Å². The molecule has 5 aliphatic carbocycles. The van der Waals surface area contributed by atoms with Crippen molar-refractivity contribution in [3.05, 3.63) is 88.4 Å². The van der Waals surface area contributed by atoms with Crippen LogP contribution in [0, 0.1) is 50.6 Å². The summed E-state index contributed by atoms with van der Waals surface area (Å²) in [6, 6.07) is 17.3. The molecule has 0 aliphatic heterocycles. The van der Waals surface area contributed by atoms with Gasteiger partial charge in [0.2, 0.25) is 0 Å². The summed E-state index contributed by atoms with van der Waals surface area (Å²) in [7, 11) is 0. The number of fused-ring (bicyclic) bond motifs is 8. The van der Waals surface area contributed by atoms with Crippen molar-refractivity contribution in [1.29, 1.82) is 0 Å². The van der Waals surface area contributed by atoms with Gasteiger partial charge in [0.05, 0.1) is 5.41 Å². The first-order chi connectivity index (χ1) is 23.6. The monoisotopic (exact) mass is 677 g/mol. The molecule has 1 unspecified atom stereocenters. The Morgan fingerprint density at radius 2 is 1.68 bits per heavy atom. The fraction of sp³-hybridized carbons (Fsp3) is 0.591. The maximum atomic E-state index is 15.3. The molecular weight excluding hydrogens is 622 g/mol. The van der Waals surface area contributed by atoms with E-state index in [0.717, 1.165) is 68.9 Å². The second kappa shape index (κ2) is 11.0. The SMILES string of the molecule is CC1(C)CC[C@]2(C(=O)OCc3ccccc3)CC[C@]3(C)C(=C(c4cccc(F)c4)CC4[C@@]5(C)Cc6c(N)n[nH]c6C(C)(C)[C@@H]5CC[C@]43C)[C@@H]2C1. The molecule has 0 amide bonds. The summed E-state index contributed by atoms with van der Waals surface area (Å²) in [5.41, 5.74) is 12.9. The maximum Gasteiger partial charge on any atom is 0.313 e. The smallest absolute Gasteiger partial charge is 0.313 e. The number of aromatic nitrogens is 2. The van der Waals surface area contributed by atoms with Gasteiger partial charge in [0.1, 0.15) is 18.2 Å². The van der Waals surface area contributed by atoms with E-state index in [9.17, 15) is 4.79 Å². The number of nitrogens with two attached hydrogens (primary N) is 1. The highest BCUT2D eigenvalue weighted by molar-refractivity contribution is 5.81. The second-order valence-corrected chi connectivity index (χ2v) is 19.0. The number of hydrogen-bond acceptors (Lipinski definition) is 4. The number of H-pyrrole nitrogens is 1. The van der Waals surface area contributed by atoms with Crippen molar-refractivity contribution in [3.63, 3.8) is 0 Å². The highest BCUT2D eigenvalue weighted by atomic mass is 19.1. The second-order valence-electron chi connectivity index (χ2n) is 19.0. The van der Waals surface area contributed by atoms with Gasteiger partial charge in [-0.3, -0.25) is 9.89 Å². The van der Waals surface area contributed by atoms with Crippen LogP contribution in [0.15, 0.2) is 60.2 Å². The van der Waals surface area contributed by atoms with E-state index in [-0.39, 0.29) is 44.8 Å². The van der Waals surface area contributed by atoms with Gasteiger partial charge in [-0.05, 0) is 126 Å². The van der Waals surface area contributed by atoms with E-state index in [4.69, 9.17) is 10.5 Å². The average molecular weight is 678 g/mol. The van der Waals surface area contributed by atoms with E-state index in [1.807, 2.05) is 36.4 Å². The van der Waals surface area contributed by atoms with Gasteiger partial charge in [-0.1, -0.05) is 96.5 Å². The maximum absolute atomic E-state index is 15.3. The summed E-state index contributed by atoms with van der Waals surface area (Å²) in [5.74, 6) is 1.20. The lowest BCUT2D eigenvalue weighted by Gasteiger charge is -2.71. The summed E-state index contributed by atoms with van der Waals surface area (Å²) in [6.07, 6.45) is 8.52. The molecule has 50 heavy (non-hydrogen) atoms. The molecule has 2 aromatic carbocycles. The van der Waals surface area contributed by atoms with Crippen LogP contribution in [-0.2, 0) is 28.0 Å².